The molecule has 12 aromatic rings. The number of aliphatic hydroxyl groups is 4. The number of likely N-dealkylation sites (N-methyl/N-ethyl adjacent to an activating group) is 2. The molecule has 716 valence electrons. The molecule has 136 heavy (non-hydrogen) atoms. The Hall–Kier alpha value is -10.0. The van der Waals surface area contributed by atoms with E-state index in [9.17, 15) is 20.4 Å². The summed E-state index contributed by atoms with van der Waals surface area (Å²) >= 11 is 26.8. The number of fused-ring (bicyclic) bond motifs is 4. The molecule has 6 aliphatic heterocycles. The quantitative estimate of drug-likeness (QED) is 0.0517. The van der Waals surface area contributed by atoms with Crippen molar-refractivity contribution in [2.75, 3.05) is 158 Å². The second kappa shape index (κ2) is 39.7. The topological polar surface area (TPSA) is 262 Å². The van der Waals surface area contributed by atoms with E-state index in [0.717, 1.165) is 210 Å². The summed E-state index contributed by atoms with van der Waals surface area (Å²) in [5.74, 6) is 5.67. The first-order valence-electron chi connectivity index (χ1n) is 48.6. The maximum atomic E-state index is 15.5. The van der Waals surface area contributed by atoms with E-state index in [1.807, 2.05) is 109 Å². The fourth-order valence-electron chi connectivity index (χ4n) is 21.0. The average Bonchev–Trinajstić information content (AvgIpc) is 1.55. The van der Waals surface area contributed by atoms with E-state index >= 15 is 17.6 Å². The van der Waals surface area contributed by atoms with Gasteiger partial charge in [0.05, 0.1) is 67.6 Å². The number of piperidine rings is 4. The number of rotatable bonds is 20. The van der Waals surface area contributed by atoms with Gasteiger partial charge in [0.1, 0.15) is 23.3 Å². The lowest BCUT2D eigenvalue weighted by Gasteiger charge is -2.36. The molecule has 22 rings (SSSR count). The number of benzene rings is 4. The van der Waals surface area contributed by atoms with Crippen LogP contribution in [0, 0.1) is 27.7 Å². The van der Waals surface area contributed by atoms with Crippen LogP contribution >= 0.6 is 46.4 Å². The van der Waals surface area contributed by atoms with Crippen LogP contribution in [0.2, 0.25) is 20.1 Å². The van der Waals surface area contributed by atoms with Crippen LogP contribution in [0.1, 0.15) is 220 Å². The van der Waals surface area contributed by atoms with E-state index in [1.54, 1.807) is 0 Å². The second-order valence-electron chi connectivity index (χ2n) is 39.3. The molecule has 4 aromatic carbocycles. The highest BCUT2D eigenvalue weighted by molar-refractivity contribution is 6.37. The number of nitrogens with zero attached hydrogens (tertiary/aromatic N) is 20. The lowest BCUT2D eigenvalue weighted by molar-refractivity contribution is 0.0510. The van der Waals surface area contributed by atoms with Crippen molar-refractivity contribution in [3.8, 4) is 0 Å². The first-order chi connectivity index (χ1) is 65.6. The molecule has 24 nitrogen and oxygen atoms in total. The number of alkyl halides is 4. The van der Waals surface area contributed by atoms with Gasteiger partial charge in [0, 0.05) is 221 Å². The molecule has 4 aliphatic carbocycles. The monoisotopic (exact) mass is 1930 g/mol. The summed E-state index contributed by atoms with van der Waals surface area (Å²) in [7, 11) is 3.82. The molecule has 10 aliphatic rings. The Morgan fingerprint density at radius 2 is 0.588 bits per heavy atom. The van der Waals surface area contributed by atoms with Gasteiger partial charge in [-0.05, 0) is 251 Å². The fourth-order valence-corrected chi connectivity index (χ4v) is 22.0. The van der Waals surface area contributed by atoms with Gasteiger partial charge in [-0.2, -0.15) is 0 Å². The van der Waals surface area contributed by atoms with Crippen molar-refractivity contribution in [3.05, 3.63) is 210 Å². The summed E-state index contributed by atoms with van der Waals surface area (Å²) in [5, 5.41) is 44.1. The largest absolute Gasteiger partial charge is 0.395 e. The first-order valence-corrected chi connectivity index (χ1v) is 50.1. The Morgan fingerprint density at radius 1 is 0.338 bits per heavy atom. The number of aryl methyl sites for hydroxylation is 4. The SMILES string of the molecule is Cc1cccnc1C1CCN(c2nc(C3(F)CC3)nc3c(Cl)cc(N(C)CCO)cc23)CC1.Cc1cccnc1C1CCN(c2nc(C3(F)CC3)nc3c(Cl)cc(N4CC[C@H](O)C4)cc23)CC1.Cc1cccnc1C1CCN(c2nc(C3(F)CCC3)nc3c(Cl)cc(N(C)CCO)cc23)CC1.Cc1cccnc1C1CCN(c2nc(C3(F)CCC3)nc3c(Cl)cc(N4CC[C@H](O)C4)cc23)CC1. The zero-order valence-corrected chi connectivity index (χ0v) is 81.2. The van der Waals surface area contributed by atoms with Crippen LogP contribution < -0.4 is 39.2 Å². The Labute approximate surface area is 811 Å². The third-order valence-corrected chi connectivity index (χ3v) is 31.0. The molecule has 32 heteroatoms. The van der Waals surface area contributed by atoms with Crippen molar-refractivity contribution in [1.29, 1.82) is 0 Å². The molecule has 0 radical (unpaired) electrons. The summed E-state index contributed by atoms with van der Waals surface area (Å²) in [4.78, 5) is 73.4. The molecular weight excluding hydrogens is 1810 g/mol. The lowest BCUT2D eigenvalue weighted by atomic mass is 9.81. The summed E-state index contributed by atoms with van der Waals surface area (Å²) < 4.78 is 61.1. The van der Waals surface area contributed by atoms with E-state index in [4.69, 9.17) is 66.3 Å². The van der Waals surface area contributed by atoms with Gasteiger partial charge in [-0.25, -0.2) is 57.4 Å². The maximum Gasteiger partial charge on any atom is 0.170 e. The number of aromatic nitrogens is 12. The smallest absolute Gasteiger partial charge is 0.170 e. The molecular formula is C104H120Cl4F4N20O4. The highest BCUT2D eigenvalue weighted by atomic mass is 35.5. The van der Waals surface area contributed by atoms with Crippen molar-refractivity contribution in [3.63, 3.8) is 0 Å². The minimum Gasteiger partial charge on any atom is -0.395 e. The standard InChI is InChI=1S/C27H31ClFN5O.C26H29ClFN5O.C26H31ClFN5O.C25H29ClFN5O/c1-17-4-2-10-30-23(17)18-5-11-33(12-6-18)25-21-14-19(34-13-7-20(35)16-34)15-22(28)24(21)31-26(32-25)27(29)8-3-9-27;1-16-3-2-9-29-22(16)17-4-10-32(11-5-17)24-20-13-18(33-12-6-19(34)15-33)14-21(27)23(20)30-25(31-24)26(28)7-8-26;1-17-5-3-10-29-22(17)18-6-11-33(12-7-18)24-20-15-19(32(2)13-14-34)16-21(27)23(20)30-25(31-24)26(28)8-4-9-26;1-16-4-3-9-28-21(16)17-5-10-32(11-6-17)23-19-14-18(31(2)12-13-33)15-20(26)22(19)29-24(30-23)25(27)7-8-25/h2,4,10,14-15,18,20,35H,3,5-9,11-13,16H2,1H3;2-3,9,13-14,17,19,34H,4-8,10-12,15H2,1H3;3,5,10,15-16,18,34H,4,6-9,11-14H2,1-2H3;3-4,9,14-15,17,33H,5-8,10-13H2,1-2H3/t20-;19-;;/m00../s1. The van der Waals surface area contributed by atoms with Crippen LogP contribution in [0.4, 0.5) is 63.6 Å². The Balaban J connectivity index is 0.000000116. The fraction of sp³-hybridized carbons (Fsp3) is 0.500. The predicted octanol–water partition coefficient (Wildman–Crippen LogP) is 20.1. The number of anilines is 8. The molecule has 4 N–H and O–H groups in total. The van der Waals surface area contributed by atoms with Crippen molar-refractivity contribution in [2.45, 2.75) is 215 Å². The minimum absolute atomic E-state index is 0.0409. The highest BCUT2D eigenvalue weighted by Gasteiger charge is 2.51. The Bertz CT molecular complexity index is 6390. The van der Waals surface area contributed by atoms with E-state index < -0.39 is 22.7 Å². The maximum absolute atomic E-state index is 15.5. The molecule has 0 unspecified atom stereocenters. The van der Waals surface area contributed by atoms with Crippen LogP contribution in [0.15, 0.2) is 122 Å². The van der Waals surface area contributed by atoms with Gasteiger partial charge in [-0.3, -0.25) is 19.9 Å². The van der Waals surface area contributed by atoms with Crippen LogP contribution in [-0.4, -0.2) is 211 Å². The molecule has 0 spiro atoms. The summed E-state index contributed by atoms with van der Waals surface area (Å²) in [6.45, 7) is 18.7. The number of pyridine rings is 4. The predicted molar refractivity (Wildman–Crippen MR) is 535 cm³/mol. The van der Waals surface area contributed by atoms with E-state index in [2.05, 4.69) is 133 Å². The lowest BCUT2D eigenvalue weighted by Crippen LogP contribution is -2.36. The summed E-state index contributed by atoms with van der Waals surface area (Å²) in [6, 6.07) is 32.0. The van der Waals surface area contributed by atoms with Crippen molar-refractivity contribution in [2.24, 2.45) is 0 Å². The van der Waals surface area contributed by atoms with Crippen LogP contribution in [0.5, 0.6) is 0 Å². The van der Waals surface area contributed by atoms with Gasteiger partial charge < -0.3 is 59.6 Å². The molecule has 8 aromatic heterocycles. The van der Waals surface area contributed by atoms with Gasteiger partial charge in [0.25, 0.3) is 0 Å². The Kier molecular flexibility index (Phi) is 27.7. The third-order valence-electron chi connectivity index (χ3n) is 29.9. The zero-order chi connectivity index (χ0) is 94.6. The first kappa shape index (κ1) is 94.9. The molecule has 0 bridgehead atoms. The van der Waals surface area contributed by atoms with Gasteiger partial charge in [0.15, 0.2) is 46.0 Å². The number of hydrogen-bond donors (Lipinski definition) is 4. The number of aliphatic hydroxyl groups excluding tert-OH is 4. The molecule has 2 atom stereocenters. The van der Waals surface area contributed by atoms with Gasteiger partial charge in [-0.15, -0.1) is 0 Å². The molecule has 0 amide bonds. The van der Waals surface area contributed by atoms with Gasteiger partial charge in [0.2, 0.25) is 0 Å². The Morgan fingerprint density at radius 3 is 0.816 bits per heavy atom. The van der Waals surface area contributed by atoms with E-state index in [1.165, 1.54) is 45.0 Å². The number of hydrogen-bond acceptors (Lipinski definition) is 24. The molecule has 14 heterocycles. The van der Waals surface area contributed by atoms with Gasteiger partial charge >= 0.3 is 0 Å². The summed E-state index contributed by atoms with van der Waals surface area (Å²) in [5.41, 5.74) is 9.84. The molecule has 4 saturated carbocycles. The van der Waals surface area contributed by atoms with E-state index in [0.29, 0.717) is 143 Å². The van der Waals surface area contributed by atoms with Crippen LogP contribution in [0.25, 0.3) is 43.6 Å². The van der Waals surface area contributed by atoms with Crippen molar-refractivity contribution >= 4 is 136 Å². The van der Waals surface area contributed by atoms with Crippen molar-refractivity contribution in [1.82, 2.24) is 59.8 Å². The summed E-state index contributed by atoms with van der Waals surface area (Å²) in [6.07, 6.45) is 21.3. The van der Waals surface area contributed by atoms with Crippen LogP contribution in [-0.2, 0) is 22.7 Å². The highest BCUT2D eigenvalue weighted by Crippen LogP contribution is 2.54. The second-order valence-corrected chi connectivity index (χ2v) is 40.9. The number of halogens is 8. The third kappa shape index (κ3) is 19.8. The van der Waals surface area contributed by atoms with E-state index in [-0.39, 0.29) is 48.7 Å². The molecule has 6 saturated heterocycles. The minimum atomic E-state index is -1.47. The average molecular weight is 1930 g/mol. The normalized spacial score (nSPS) is 20.4. The zero-order valence-electron chi connectivity index (χ0n) is 78.2. The number of β-amino-alcohol motifs (C(OH)–C–C–N with tert-alkyl or cyclic N) is 2. The van der Waals surface area contributed by atoms with Crippen LogP contribution in [0.3, 0.4) is 0 Å². The van der Waals surface area contributed by atoms with Crippen molar-refractivity contribution < 1.29 is 38.0 Å². The van der Waals surface area contributed by atoms with Gasteiger partial charge in [-0.1, -0.05) is 70.7 Å². The molecule has 10 fully saturated rings.